The Hall–Kier alpha value is -1.06. The molecule has 1 aliphatic heterocycles. The van der Waals surface area contributed by atoms with Gasteiger partial charge in [-0.15, -0.1) is 0 Å². The number of esters is 1. The van der Waals surface area contributed by atoms with Gasteiger partial charge in [-0.05, 0) is 30.5 Å². The minimum atomic E-state index is -0.334. The molecule has 86 valence electrons. The summed E-state index contributed by atoms with van der Waals surface area (Å²) in [5.41, 5.74) is 1.12. The van der Waals surface area contributed by atoms with Crippen molar-refractivity contribution >= 4 is 17.6 Å². The maximum absolute atomic E-state index is 10.9. The molecule has 0 bridgehead atoms. The molecular weight excluding hydrogens is 228 g/mol. The largest absolute Gasteiger partial charge is 0.461 e. The summed E-state index contributed by atoms with van der Waals surface area (Å²) in [4.78, 5) is 10.9. The quantitative estimate of drug-likeness (QED) is 0.817. The number of hydrogen-bond acceptors (Lipinski definition) is 3. The van der Waals surface area contributed by atoms with Gasteiger partial charge in [0.15, 0.2) is 0 Å². The lowest BCUT2D eigenvalue weighted by Gasteiger charge is -2.33. The van der Waals surface area contributed by atoms with Crippen LogP contribution < -0.4 is 0 Å². The fraction of sp³-hybridized carbons (Fsp3) is 0.417. The van der Waals surface area contributed by atoms with Gasteiger partial charge in [-0.1, -0.05) is 23.7 Å². The molecule has 1 N–H and O–H groups in total. The molecular formula is C12H13ClO3. The predicted octanol–water partition coefficient (Wildman–Crippen LogP) is 1.81. The molecule has 0 saturated carbocycles. The first-order valence-electron chi connectivity index (χ1n) is 5.26. The molecule has 2 atom stereocenters. The molecule has 0 spiro atoms. The van der Waals surface area contributed by atoms with E-state index in [2.05, 4.69) is 0 Å². The predicted molar refractivity (Wildman–Crippen MR) is 60.2 cm³/mol. The molecule has 1 saturated heterocycles. The molecule has 0 radical (unpaired) electrons. The van der Waals surface area contributed by atoms with Gasteiger partial charge in [0.05, 0.1) is 6.61 Å². The highest BCUT2D eigenvalue weighted by molar-refractivity contribution is 6.30. The summed E-state index contributed by atoms with van der Waals surface area (Å²) in [7, 11) is 0. The van der Waals surface area contributed by atoms with Crippen molar-refractivity contribution in [1.82, 2.24) is 0 Å². The molecule has 0 unspecified atom stereocenters. The lowest BCUT2D eigenvalue weighted by molar-refractivity contribution is -0.188. The number of rotatable bonds is 4. The van der Waals surface area contributed by atoms with Gasteiger partial charge in [-0.25, -0.2) is 0 Å². The van der Waals surface area contributed by atoms with Crippen LogP contribution >= 0.6 is 11.6 Å². The van der Waals surface area contributed by atoms with Gasteiger partial charge in [0.25, 0.3) is 0 Å². The van der Waals surface area contributed by atoms with Crippen LogP contribution in [0.4, 0.5) is 0 Å². The normalized spacial score (nSPS) is 23.8. The second-order valence-corrected chi connectivity index (χ2v) is 4.37. The highest BCUT2D eigenvalue weighted by Gasteiger charge is 2.41. The van der Waals surface area contributed by atoms with Crippen LogP contribution in [0.3, 0.4) is 0 Å². The number of aryl methyl sites for hydroxylation is 1. The number of aliphatic hydroxyl groups excluding tert-OH is 1. The second kappa shape index (κ2) is 4.85. The first-order chi connectivity index (χ1) is 7.70. The van der Waals surface area contributed by atoms with E-state index >= 15 is 0 Å². The SMILES string of the molecule is O=C1O[C@@H](CCc2cccc(Cl)c2)[C@@H]1CO. The summed E-state index contributed by atoms with van der Waals surface area (Å²) < 4.78 is 4.96. The Kier molecular flexibility index (Phi) is 3.46. The number of halogens is 1. The number of aliphatic hydroxyl groups is 1. The minimum absolute atomic E-state index is 0.126. The second-order valence-electron chi connectivity index (χ2n) is 3.93. The average Bonchev–Trinajstić information content (AvgIpc) is 2.24. The minimum Gasteiger partial charge on any atom is -0.461 e. The van der Waals surface area contributed by atoms with E-state index < -0.39 is 0 Å². The first-order valence-corrected chi connectivity index (χ1v) is 5.64. The summed E-state index contributed by atoms with van der Waals surface area (Å²) in [6.07, 6.45) is 1.39. The third-order valence-electron chi connectivity index (χ3n) is 2.82. The van der Waals surface area contributed by atoms with Crippen molar-refractivity contribution in [3.63, 3.8) is 0 Å². The fourth-order valence-corrected chi connectivity index (χ4v) is 2.06. The van der Waals surface area contributed by atoms with E-state index in [1.807, 2.05) is 24.3 Å². The van der Waals surface area contributed by atoms with Crippen molar-refractivity contribution in [2.24, 2.45) is 5.92 Å². The van der Waals surface area contributed by atoms with Crippen molar-refractivity contribution in [1.29, 1.82) is 0 Å². The van der Waals surface area contributed by atoms with Gasteiger partial charge in [0.2, 0.25) is 0 Å². The summed E-state index contributed by atoms with van der Waals surface area (Å²) in [6, 6.07) is 7.61. The van der Waals surface area contributed by atoms with E-state index in [9.17, 15) is 4.79 Å². The van der Waals surface area contributed by atoms with Crippen LogP contribution in [0, 0.1) is 5.92 Å². The fourth-order valence-electron chi connectivity index (χ4n) is 1.85. The Balaban J connectivity index is 1.86. The Bertz CT molecular complexity index is 392. The highest BCUT2D eigenvalue weighted by Crippen LogP contribution is 2.26. The average molecular weight is 241 g/mol. The number of ether oxygens (including phenoxy) is 1. The van der Waals surface area contributed by atoms with Gasteiger partial charge in [-0.3, -0.25) is 4.79 Å². The van der Waals surface area contributed by atoms with E-state index in [-0.39, 0.29) is 24.6 Å². The van der Waals surface area contributed by atoms with Crippen LogP contribution in [0.25, 0.3) is 0 Å². The van der Waals surface area contributed by atoms with Crippen LogP contribution in [0.15, 0.2) is 24.3 Å². The van der Waals surface area contributed by atoms with Gasteiger partial charge in [0.1, 0.15) is 12.0 Å². The lowest BCUT2D eigenvalue weighted by atomic mass is 9.92. The van der Waals surface area contributed by atoms with E-state index in [4.69, 9.17) is 21.4 Å². The summed E-state index contributed by atoms with van der Waals surface area (Å²) >= 11 is 5.86. The molecule has 0 aliphatic carbocycles. The molecule has 4 heteroatoms. The Morgan fingerprint density at radius 3 is 2.88 bits per heavy atom. The molecule has 1 fully saturated rings. The zero-order chi connectivity index (χ0) is 11.5. The molecule has 16 heavy (non-hydrogen) atoms. The van der Waals surface area contributed by atoms with Crippen molar-refractivity contribution in [2.75, 3.05) is 6.61 Å². The van der Waals surface area contributed by atoms with Gasteiger partial charge in [0, 0.05) is 5.02 Å². The molecule has 1 heterocycles. The highest BCUT2D eigenvalue weighted by atomic mass is 35.5. The number of carbonyl (C=O) groups excluding carboxylic acids is 1. The molecule has 0 amide bonds. The molecule has 1 aliphatic rings. The van der Waals surface area contributed by atoms with Crippen LogP contribution in [0.2, 0.25) is 5.02 Å². The zero-order valence-corrected chi connectivity index (χ0v) is 9.48. The van der Waals surface area contributed by atoms with Crippen molar-refractivity contribution in [3.05, 3.63) is 34.9 Å². The van der Waals surface area contributed by atoms with E-state index in [0.29, 0.717) is 5.02 Å². The third-order valence-corrected chi connectivity index (χ3v) is 3.06. The molecule has 3 nitrogen and oxygen atoms in total. The standard InChI is InChI=1S/C12H13ClO3/c13-9-3-1-2-8(6-9)4-5-11-10(7-14)12(15)16-11/h1-3,6,10-11,14H,4-5,7H2/t10-,11-/m0/s1. The Morgan fingerprint density at radius 1 is 1.44 bits per heavy atom. The number of carbonyl (C=O) groups is 1. The summed E-state index contributed by atoms with van der Waals surface area (Å²) in [5.74, 6) is -0.627. The van der Waals surface area contributed by atoms with Crippen LogP contribution in [0.5, 0.6) is 0 Å². The van der Waals surface area contributed by atoms with Crippen molar-refractivity contribution in [2.45, 2.75) is 18.9 Å². The van der Waals surface area contributed by atoms with E-state index in [1.165, 1.54) is 0 Å². The molecule has 1 aromatic carbocycles. The lowest BCUT2D eigenvalue weighted by Crippen LogP contribution is -2.47. The van der Waals surface area contributed by atoms with Gasteiger partial charge in [-0.2, -0.15) is 0 Å². The first kappa shape index (κ1) is 11.4. The molecule has 2 rings (SSSR count). The van der Waals surface area contributed by atoms with E-state index in [0.717, 1.165) is 18.4 Å². The molecule has 1 aromatic rings. The van der Waals surface area contributed by atoms with Crippen molar-refractivity contribution in [3.8, 4) is 0 Å². The monoisotopic (exact) mass is 240 g/mol. The maximum Gasteiger partial charge on any atom is 0.315 e. The van der Waals surface area contributed by atoms with Crippen LogP contribution in [-0.2, 0) is 16.0 Å². The number of cyclic esters (lactones) is 1. The smallest absolute Gasteiger partial charge is 0.315 e. The number of hydrogen-bond donors (Lipinski definition) is 1. The summed E-state index contributed by atoms with van der Waals surface area (Å²) in [6.45, 7) is -0.126. The Morgan fingerprint density at radius 2 is 2.25 bits per heavy atom. The van der Waals surface area contributed by atoms with Crippen LogP contribution in [0.1, 0.15) is 12.0 Å². The third kappa shape index (κ3) is 2.36. The van der Waals surface area contributed by atoms with Gasteiger partial charge >= 0.3 is 5.97 Å². The van der Waals surface area contributed by atoms with Crippen molar-refractivity contribution < 1.29 is 14.6 Å². The summed E-state index contributed by atoms with van der Waals surface area (Å²) in [5, 5.41) is 9.66. The zero-order valence-electron chi connectivity index (χ0n) is 8.73. The maximum atomic E-state index is 10.9. The Labute approximate surface area is 99.0 Å². The topological polar surface area (TPSA) is 46.5 Å². The van der Waals surface area contributed by atoms with Gasteiger partial charge < -0.3 is 9.84 Å². The molecule has 0 aromatic heterocycles. The van der Waals surface area contributed by atoms with E-state index in [1.54, 1.807) is 0 Å². The van der Waals surface area contributed by atoms with Crippen LogP contribution in [-0.4, -0.2) is 23.8 Å². The number of benzene rings is 1.